The highest BCUT2D eigenvalue weighted by molar-refractivity contribution is 6.09. The molecule has 0 radical (unpaired) electrons. The lowest BCUT2D eigenvalue weighted by Crippen LogP contribution is -2.01. The van der Waals surface area contributed by atoms with Crippen LogP contribution in [0.25, 0.3) is 17.2 Å². The summed E-state index contributed by atoms with van der Waals surface area (Å²) < 4.78 is 5.10. The van der Waals surface area contributed by atoms with Crippen LogP contribution >= 0.6 is 0 Å². The van der Waals surface area contributed by atoms with Gasteiger partial charge in [0, 0.05) is 22.5 Å². The number of hydrogen-bond donors (Lipinski definition) is 2. The molecule has 4 aromatic carbocycles. The van der Waals surface area contributed by atoms with Gasteiger partial charge in [-0.2, -0.15) is 0 Å². The highest BCUT2D eigenvalue weighted by Gasteiger charge is 2.08. The first-order chi connectivity index (χ1) is 16.5. The molecule has 4 aromatic rings. The third-order valence-corrected chi connectivity index (χ3v) is 5.05. The van der Waals surface area contributed by atoms with Gasteiger partial charge in [-0.1, -0.05) is 54.6 Å². The largest absolute Gasteiger partial charge is 0.497 e. The van der Waals surface area contributed by atoms with E-state index in [1.165, 1.54) is 6.08 Å². The monoisotopic (exact) mass is 450 g/mol. The number of nitrogens with two attached hydrogens (primary N) is 2. The number of ether oxygens (including phenoxy) is 1. The number of methoxy groups -OCH3 is 1. The Balaban J connectivity index is 0.000000196. The van der Waals surface area contributed by atoms with Crippen LogP contribution in [-0.2, 0) is 4.79 Å². The van der Waals surface area contributed by atoms with Gasteiger partial charge in [-0.25, -0.2) is 0 Å². The van der Waals surface area contributed by atoms with Crippen molar-refractivity contribution in [2.24, 2.45) is 0 Å². The third-order valence-electron chi connectivity index (χ3n) is 5.05. The Morgan fingerprint density at radius 2 is 1.12 bits per heavy atom. The van der Waals surface area contributed by atoms with Crippen LogP contribution < -0.4 is 16.2 Å². The lowest BCUT2D eigenvalue weighted by molar-refractivity contribution is -0.104. The average Bonchev–Trinajstić information content (AvgIpc) is 2.89. The van der Waals surface area contributed by atoms with Crippen molar-refractivity contribution in [3.63, 3.8) is 0 Å². The number of ketones is 1. The smallest absolute Gasteiger partial charge is 0.193 e. The molecule has 5 nitrogen and oxygen atoms in total. The molecule has 0 spiro atoms. The predicted octanol–water partition coefficient (Wildman–Crippen LogP) is 5.66. The SMILES string of the molecule is COc1ccc(-c2ccc(N)cc2)cc1.Nc1ccc(C(=O)c2ccc(/C=C/C=O)cc2)cc1. The summed E-state index contributed by atoms with van der Waals surface area (Å²) in [6.07, 6.45) is 3.81. The summed E-state index contributed by atoms with van der Waals surface area (Å²) in [6, 6.07) is 29.7. The van der Waals surface area contributed by atoms with Crippen LogP contribution in [0.3, 0.4) is 0 Å². The third kappa shape index (κ3) is 6.68. The maximum atomic E-state index is 12.2. The fraction of sp³-hybridized carbons (Fsp3) is 0.0345. The number of allylic oxidation sites excluding steroid dienone is 1. The summed E-state index contributed by atoms with van der Waals surface area (Å²) in [5, 5.41) is 0. The van der Waals surface area contributed by atoms with Gasteiger partial charge in [0.25, 0.3) is 0 Å². The van der Waals surface area contributed by atoms with Crippen LogP contribution in [0.1, 0.15) is 21.5 Å². The Hall–Kier alpha value is -4.64. The first kappa shape index (κ1) is 24.0. The molecule has 4 N–H and O–H groups in total. The summed E-state index contributed by atoms with van der Waals surface area (Å²) >= 11 is 0. The van der Waals surface area contributed by atoms with Crippen molar-refractivity contribution >= 4 is 29.5 Å². The van der Waals surface area contributed by atoms with Crippen molar-refractivity contribution in [3.05, 3.63) is 120 Å². The van der Waals surface area contributed by atoms with E-state index < -0.39 is 0 Å². The summed E-state index contributed by atoms with van der Waals surface area (Å²) in [7, 11) is 1.66. The van der Waals surface area contributed by atoms with Crippen LogP contribution in [0.2, 0.25) is 0 Å². The van der Waals surface area contributed by atoms with Crippen molar-refractivity contribution in [1.29, 1.82) is 0 Å². The topological polar surface area (TPSA) is 95.4 Å². The number of carbonyl (C=O) groups excluding carboxylic acids is 2. The quantitative estimate of drug-likeness (QED) is 0.171. The van der Waals surface area contributed by atoms with Gasteiger partial charge in [0.15, 0.2) is 5.78 Å². The van der Waals surface area contributed by atoms with E-state index >= 15 is 0 Å². The van der Waals surface area contributed by atoms with E-state index in [0.29, 0.717) is 23.1 Å². The second-order valence-electron chi connectivity index (χ2n) is 7.42. The normalized spacial score (nSPS) is 10.3. The van der Waals surface area contributed by atoms with Crippen LogP contribution in [0, 0.1) is 0 Å². The number of hydrogen-bond acceptors (Lipinski definition) is 5. The maximum absolute atomic E-state index is 12.2. The van der Waals surface area contributed by atoms with E-state index in [2.05, 4.69) is 0 Å². The number of rotatable bonds is 6. The van der Waals surface area contributed by atoms with Crippen LogP contribution in [0.4, 0.5) is 11.4 Å². The van der Waals surface area contributed by atoms with Gasteiger partial charge in [-0.3, -0.25) is 9.59 Å². The first-order valence-corrected chi connectivity index (χ1v) is 10.6. The van der Waals surface area contributed by atoms with Gasteiger partial charge < -0.3 is 16.2 Å². The number of benzene rings is 4. The van der Waals surface area contributed by atoms with Crippen LogP contribution in [0.15, 0.2) is 103 Å². The van der Waals surface area contributed by atoms with E-state index in [-0.39, 0.29) is 5.78 Å². The molecule has 0 amide bonds. The molecule has 0 aliphatic carbocycles. The molecular formula is C29H26N2O3. The molecule has 34 heavy (non-hydrogen) atoms. The van der Waals surface area contributed by atoms with E-state index in [1.807, 2.05) is 48.5 Å². The van der Waals surface area contributed by atoms with E-state index in [0.717, 1.165) is 28.1 Å². The maximum Gasteiger partial charge on any atom is 0.193 e. The average molecular weight is 451 g/mol. The molecule has 0 aliphatic rings. The molecule has 0 aliphatic heterocycles. The lowest BCUT2D eigenvalue weighted by atomic mass is 10.0. The van der Waals surface area contributed by atoms with Crippen molar-refractivity contribution in [1.82, 2.24) is 0 Å². The molecule has 4 rings (SSSR count). The Morgan fingerprint density at radius 1 is 0.676 bits per heavy atom. The van der Waals surface area contributed by atoms with E-state index in [1.54, 1.807) is 61.7 Å². The van der Waals surface area contributed by atoms with Gasteiger partial charge in [-0.05, 0) is 71.3 Å². The van der Waals surface area contributed by atoms with Gasteiger partial charge in [-0.15, -0.1) is 0 Å². The molecule has 0 aromatic heterocycles. The standard InChI is InChI=1S/C16H13NO2.C13H13NO/c17-15-9-7-14(8-10-15)16(19)13-5-3-12(4-6-13)2-1-11-18;1-15-13-8-4-11(5-9-13)10-2-6-12(14)7-3-10/h1-11H,17H2;2-9H,14H2,1H3/b2-1+;. The molecular weight excluding hydrogens is 424 g/mol. The molecule has 170 valence electrons. The molecule has 0 atom stereocenters. The van der Waals surface area contributed by atoms with Gasteiger partial charge in [0.2, 0.25) is 0 Å². The molecule has 0 saturated heterocycles. The molecule has 5 heteroatoms. The Kier molecular flexibility index (Phi) is 8.36. The minimum atomic E-state index is -0.0501. The summed E-state index contributed by atoms with van der Waals surface area (Å²) in [4.78, 5) is 22.4. The highest BCUT2D eigenvalue weighted by Crippen LogP contribution is 2.23. The Labute approximate surface area is 199 Å². The van der Waals surface area contributed by atoms with Gasteiger partial charge >= 0.3 is 0 Å². The number of anilines is 2. The van der Waals surface area contributed by atoms with Crippen LogP contribution in [-0.4, -0.2) is 19.2 Å². The fourth-order valence-electron chi connectivity index (χ4n) is 3.16. The Bertz CT molecular complexity index is 1240. The minimum Gasteiger partial charge on any atom is -0.497 e. The first-order valence-electron chi connectivity index (χ1n) is 10.6. The molecule has 0 unspecified atom stereocenters. The molecule has 0 fully saturated rings. The lowest BCUT2D eigenvalue weighted by Gasteiger charge is -2.03. The Morgan fingerprint density at radius 3 is 1.59 bits per heavy atom. The summed E-state index contributed by atoms with van der Waals surface area (Å²) in [6.45, 7) is 0. The number of aldehydes is 1. The van der Waals surface area contributed by atoms with Crippen molar-refractivity contribution in [3.8, 4) is 16.9 Å². The van der Waals surface area contributed by atoms with E-state index in [4.69, 9.17) is 16.2 Å². The molecule has 0 heterocycles. The molecule has 0 saturated carbocycles. The summed E-state index contributed by atoms with van der Waals surface area (Å²) in [5.41, 5.74) is 17.0. The minimum absolute atomic E-state index is 0.0501. The van der Waals surface area contributed by atoms with Crippen molar-refractivity contribution in [2.45, 2.75) is 0 Å². The number of carbonyl (C=O) groups is 2. The second-order valence-corrected chi connectivity index (χ2v) is 7.42. The van der Waals surface area contributed by atoms with Crippen LogP contribution in [0.5, 0.6) is 5.75 Å². The summed E-state index contributed by atoms with van der Waals surface area (Å²) in [5.74, 6) is 0.820. The van der Waals surface area contributed by atoms with Gasteiger partial charge in [0.05, 0.1) is 7.11 Å². The fourth-order valence-corrected chi connectivity index (χ4v) is 3.16. The predicted molar refractivity (Wildman–Crippen MR) is 139 cm³/mol. The molecule has 0 bridgehead atoms. The zero-order chi connectivity index (χ0) is 24.3. The van der Waals surface area contributed by atoms with Gasteiger partial charge in [0.1, 0.15) is 12.0 Å². The highest BCUT2D eigenvalue weighted by atomic mass is 16.5. The van der Waals surface area contributed by atoms with E-state index in [9.17, 15) is 9.59 Å². The second kappa shape index (κ2) is 11.8. The van der Waals surface area contributed by atoms with Crippen molar-refractivity contribution < 1.29 is 14.3 Å². The zero-order valence-electron chi connectivity index (χ0n) is 18.8. The zero-order valence-corrected chi connectivity index (χ0v) is 18.8. The van der Waals surface area contributed by atoms with Crippen molar-refractivity contribution in [2.75, 3.05) is 18.6 Å². The number of nitrogen functional groups attached to an aromatic ring is 2.